The average molecular weight is 289 g/mol. The molecule has 3 nitrogen and oxygen atoms in total. The van der Waals surface area contributed by atoms with Gasteiger partial charge in [0.05, 0.1) is 11.1 Å². The topological polar surface area (TPSA) is 42.4 Å². The summed E-state index contributed by atoms with van der Waals surface area (Å²) in [6, 6.07) is 5.54. The van der Waals surface area contributed by atoms with Crippen LogP contribution in [0.3, 0.4) is 0 Å². The molecule has 1 atom stereocenters. The minimum absolute atomic E-state index is 0.0926. The smallest absolute Gasteiger partial charge is 0.405 e. The Morgan fingerprint density at radius 3 is 2.68 bits per heavy atom. The van der Waals surface area contributed by atoms with Gasteiger partial charge < -0.3 is 9.84 Å². The van der Waals surface area contributed by atoms with Gasteiger partial charge >= 0.3 is 6.36 Å². The molecule has 0 aliphatic heterocycles. The molecule has 0 saturated carbocycles. The minimum atomic E-state index is -4.78. The zero-order valence-corrected chi connectivity index (χ0v) is 10.4. The molecule has 0 radical (unpaired) electrons. The zero-order chi connectivity index (χ0) is 13.9. The molecule has 0 amide bonds. The maximum Gasteiger partial charge on any atom is 0.573 e. The van der Waals surface area contributed by atoms with Crippen LogP contribution in [0.1, 0.15) is 16.7 Å². The summed E-state index contributed by atoms with van der Waals surface area (Å²) < 4.78 is 40.6. The van der Waals surface area contributed by atoms with Crippen LogP contribution in [0.2, 0.25) is 0 Å². The lowest BCUT2D eigenvalue weighted by Gasteiger charge is -2.16. The fourth-order valence-corrected chi connectivity index (χ4v) is 2.26. The van der Waals surface area contributed by atoms with E-state index < -0.39 is 12.5 Å². The first kappa shape index (κ1) is 13.8. The zero-order valence-electron chi connectivity index (χ0n) is 9.59. The van der Waals surface area contributed by atoms with Crippen LogP contribution in [-0.2, 0) is 6.42 Å². The Morgan fingerprint density at radius 1 is 1.32 bits per heavy atom. The lowest BCUT2D eigenvalue weighted by atomic mass is 10.1. The molecule has 1 heterocycles. The molecule has 1 aromatic heterocycles. The van der Waals surface area contributed by atoms with Crippen molar-refractivity contribution in [2.75, 3.05) is 0 Å². The molecule has 0 spiro atoms. The molecule has 1 unspecified atom stereocenters. The molecule has 0 aliphatic rings. The van der Waals surface area contributed by atoms with Crippen LogP contribution >= 0.6 is 11.3 Å². The number of ether oxygens (including phenoxy) is 1. The Bertz CT molecular complexity index is 528. The van der Waals surface area contributed by atoms with Crippen LogP contribution < -0.4 is 4.74 Å². The van der Waals surface area contributed by atoms with Gasteiger partial charge in [-0.3, -0.25) is 0 Å². The van der Waals surface area contributed by atoms with E-state index in [-0.39, 0.29) is 17.7 Å². The minimum Gasteiger partial charge on any atom is -0.405 e. The van der Waals surface area contributed by atoms with E-state index in [1.165, 1.54) is 29.5 Å². The van der Waals surface area contributed by atoms with Gasteiger partial charge in [-0.2, -0.15) is 0 Å². The van der Waals surface area contributed by atoms with E-state index in [9.17, 15) is 18.3 Å². The van der Waals surface area contributed by atoms with Gasteiger partial charge in [0.15, 0.2) is 0 Å². The van der Waals surface area contributed by atoms with Crippen LogP contribution in [0.25, 0.3) is 0 Å². The second-order valence-electron chi connectivity index (χ2n) is 3.73. The van der Waals surface area contributed by atoms with Gasteiger partial charge in [-0.1, -0.05) is 18.2 Å². The van der Waals surface area contributed by atoms with E-state index in [0.717, 1.165) is 0 Å². The van der Waals surface area contributed by atoms with Crippen LogP contribution in [0.4, 0.5) is 13.2 Å². The van der Waals surface area contributed by atoms with Crippen molar-refractivity contribution >= 4 is 11.3 Å². The first-order valence-electron chi connectivity index (χ1n) is 5.37. The molecule has 2 aromatic rings. The normalized spacial score (nSPS) is 13.3. The molecular weight excluding hydrogens is 279 g/mol. The highest BCUT2D eigenvalue weighted by Crippen LogP contribution is 2.31. The number of thiazole rings is 1. The predicted molar refractivity (Wildman–Crippen MR) is 63.9 cm³/mol. The lowest BCUT2D eigenvalue weighted by Crippen LogP contribution is -2.19. The number of hydrogen-bond acceptors (Lipinski definition) is 4. The summed E-state index contributed by atoms with van der Waals surface area (Å²) in [6.07, 6.45) is -4.15. The second-order valence-corrected chi connectivity index (χ2v) is 4.71. The van der Waals surface area contributed by atoms with Gasteiger partial charge in [-0.15, -0.1) is 24.5 Å². The fourth-order valence-electron chi connectivity index (χ4n) is 1.60. The molecule has 0 bridgehead atoms. The van der Waals surface area contributed by atoms with Crippen molar-refractivity contribution in [2.24, 2.45) is 0 Å². The Morgan fingerprint density at radius 2 is 2.05 bits per heavy atom. The van der Waals surface area contributed by atoms with Crippen molar-refractivity contribution in [1.82, 2.24) is 4.98 Å². The third-order valence-electron chi connectivity index (χ3n) is 2.36. The standard InChI is InChI=1S/C12H10F3NO2S/c13-12(14,15)18-10-4-2-1-3-8(10)9(17)7-11-16-5-6-19-11/h1-6,9,17H,7H2. The van der Waals surface area contributed by atoms with E-state index in [1.807, 2.05) is 0 Å². The molecule has 19 heavy (non-hydrogen) atoms. The summed E-state index contributed by atoms with van der Waals surface area (Å²) in [5.41, 5.74) is 0.0926. The van der Waals surface area contributed by atoms with E-state index in [4.69, 9.17) is 0 Å². The Balaban J connectivity index is 2.19. The first-order valence-corrected chi connectivity index (χ1v) is 6.25. The fraction of sp³-hybridized carbons (Fsp3) is 0.250. The summed E-state index contributed by atoms with van der Waals surface area (Å²) in [4.78, 5) is 3.98. The van der Waals surface area contributed by atoms with Gasteiger partial charge in [-0.05, 0) is 6.07 Å². The predicted octanol–water partition coefficient (Wildman–Crippen LogP) is 3.32. The van der Waals surface area contributed by atoms with E-state index in [2.05, 4.69) is 9.72 Å². The SMILES string of the molecule is OC(Cc1nccs1)c1ccccc1OC(F)(F)F. The molecule has 7 heteroatoms. The summed E-state index contributed by atoms with van der Waals surface area (Å²) >= 11 is 1.33. The van der Waals surface area contributed by atoms with Crippen molar-refractivity contribution in [3.05, 3.63) is 46.4 Å². The number of nitrogens with zero attached hydrogens (tertiary/aromatic N) is 1. The third-order valence-corrected chi connectivity index (χ3v) is 3.16. The van der Waals surface area contributed by atoms with Crippen LogP contribution in [0.5, 0.6) is 5.75 Å². The highest BCUT2D eigenvalue weighted by molar-refractivity contribution is 7.09. The number of para-hydroxylation sites is 1. The van der Waals surface area contributed by atoms with Gasteiger partial charge in [0.25, 0.3) is 0 Å². The van der Waals surface area contributed by atoms with E-state index in [0.29, 0.717) is 5.01 Å². The quantitative estimate of drug-likeness (QED) is 0.939. The number of rotatable bonds is 4. The highest BCUT2D eigenvalue weighted by Gasteiger charge is 2.32. The summed E-state index contributed by atoms with van der Waals surface area (Å²) in [5, 5.41) is 12.4. The highest BCUT2D eigenvalue weighted by atomic mass is 32.1. The van der Waals surface area contributed by atoms with Gasteiger partial charge in [0.1, 0.15) is 5.75 Å². The monoisotopic (exact) mass is 289 g/mol. The van der Waals surface area contributed by atoms with Gasteiger partial charge in [-0.25, -0.2) is 4.98 Å². The van der Waals surface area contributed by atoms with Gasteiger partial charge in [0.2, 0.25) is 0 Å². The first-order chi connectivity index (χ1) is 8.96. The molecule has 0 saturated heterocycles. The van der Waals surface area contributed by atoms with E-state index in [1.54, 1.807) is 17.6 Å². The van der Waals surface area contributed by atoms with Crippen molar-refractivity contribution in [1.29, 1.82) is 0 Å². The number of aliphatic hydroxyl groups is 1. The van der Waals surface area contributed by atoms with Crippen molar-refractivity contribution in [3.8, 4) is 5.75 Å². The molecule has 0 fully saturated rings. The van der Waals surface area contributed by atoms with Crippen LogP contribution in [0.15, 0.2) is 35.8 Å². The Hall–Kier alpha value is -1.60. The average Bonchev–Trinajstić information content (AvgIpc) is 2.80. The van der Waals surface area contributed by atoms with Crippen molar-refractivity contribution < 1.29 is 23.0 Å². The lowest BCUT2D eigenvalue weighted by molar-refractivity contribution is -0.275. The summed E-state index contributed by atoms with van der Waals surface area (Å²) in [7, 11) is 0. The van der Waals surface area contributed by atoms with Crippen molar-refractivity contribution in [2.45, 2.75) is 18.9 Å². The number of benzene rings is 1. The Kier molecular flexibility index (Phi) is 4.06. The van der Waals surface area contributed by atoms with Crippen LogP contribution in [-0.4, -0.2) is 16.5 Å². The van der Waals surface area contributed by atoms with Crippen LogP contribution in [0, 0.1) is 0 Å². The molecule has 1 N–H and O–H groups in total. The third kappa shape index (κ3) is 3.93. The Labute approximate surface area is 111 Å². The summed E-state index contributed by atoms with van der Waals surface area (Å²) in [5.74, 6) is -0.390. The summed E-state index contributed by atoms with van der Waals surface area (Å²) in [6.45, 7) is 0. The molecule has 102 valence electrons. The van der Waals surface area contributed by atoms with E-state index >= 15 is 0 Å². The molecule has 1 aromatic carbocycles. The largest absolute Gasteiger partial charge is 0.573 e. The second kappa shape index (κ2) is 5.58. The molecular formula is C12H10F3NO2S. The number of halogens is 3. The molecule has 2 rings (SSSR count). The van der Waals surface area contributed by atoms with Gasteiger partial charge in [0, 0.05) is 23.6 Å². The maximum absolute atomic E-state index is 12.2. The van der Waals surface area contributed by atoms with Crippen molar-refractivity contribution in [3.63, 3.8) is 0 Å². The maximum atomic E-state index is 12.2. The number of hydrogen-bond donors (Lipinski definition) is 1. The number of aromatic nitrogens is 1. The number of alkyl halides is 3. The number of aliphatic hydroxyl groups excluding tert-OH is 1. The molecule has 0 aliphatic carbocycles.